The van der Waals surface area contributed by atoms with Crippen LogP contribution in [-0.4, -0.2) is 16.2 Å². The van der Waals surface area contributed by atoms with Gasteiger partial charge in [0, 0.05) is 61.2 Å². The number of para-hydroxylation sites is 3. The molecule has 0 amide bonds. The lowest BCUT2D eigenvalue weighted by atomic mass is 9.85. The summed E-state index contributed by atoms with van der Waals surface area (Å²) in [5.74, 6) is 0.877. The van der Waals surface area contributed by atoms with Crippen molar-refractivity contribution < 1.29 is 13.0 Å². The van der Waals surface area contributed by atoms with Gasteiger partial charge in [0.05, 0.1) is 32.2 Å². The third kappa shape index (κ3) is 9.26. The van der Waals surface area contributed by atoms with Crippen molar-refractivity contribution in [2.24, 2.45) is 0 Å². The van der Waals surface area contributed by atoms with Crippen LogP contribution in [0.1, 0.15) is 40.1 Å². The quantitative estimate of drug-likeness (QED) is 0.129. The van der Waals surface area contributed by atoms with Crippen molar-refractivity contribution in [1.82, 2.24) is 9.55 Å². The van der Waals surface area contributed by atoms with Gasteiger partial charge in [-0.2, -0.15) is 0 Å². The molecule has 0 fully saturated rings. The highest BCUT2D eigenvalue weighted by Gasteiger charge is 2.32. The molecule has 0 unspecified atom stereocenters. The number of fused-ring (bicyclic) bond motifs is 4. The van der Waals surface area contributed by atoms with Crippen molar-refractivity contribution >= 4 is 44.6 Å². The number of aryl methyl sites for hydroxylation is 1. The Morgan fingerprint density at radius 3 is 1.67 bits per heavy atom. The maximum atomic E-state index is 9.73. The molecule has 0 spiro atoms. The number of anilines is 4. The molecule has 0 N–H and O–H groups in total. The number of pyridine rings is 1. The van der Waals surface area contributed by atoms with Gasteiger partial charge in [-0.05, 0) is 122 Å². The minimum atomic E-state index is -2.48. The van der Waals surface area contributed by atoms with Gasteiger partial charge in [-0.25, -0.2) is 4.98 Å². The molecule has 82 heavy (non-hydrogen) atoms. The number of aromatic nitrogens is 2. The average Bonchev–Trinajstić information content (AvgIpc) is 3.44. The van der Waals surface area contributed by atoms with Gasteiger partial charge in [0.2, 0.25) is 0 Å². The van der Waals surface area contributed by atoms with Crippen molar-refractivity contribution in [3.63, 3.8) is 0 Å². The molecular weight excluding hydrogens is 997 g/mol. The van der Waals surface area contributed by atoms with E-state index in [4.69, 9.17) is 13.8 Å². The summed E-state index contributed by atoms with van der Waals surface area (Å²) in [5, 5.41) is 1.77. The Bertz CT molecular complexity index is 4790. The number of nitrogens with zero attached hydrogens (tertiary/aromatic N) is 4. The summed E-state index contributed by atoms with van der Waals surface area (Å²) in [4.78, 5) is 9.41. The molecule has 5 heteroatoms. The SMILES string of the molecule is [2H]c1c(Oc2cc3c(cc2-c2ccccc2)c2cc(-c4ccccc4)ccc2n3-c2cc(C([2H])([2H])[2H])c(-c3ccccc3)cn2)cc(N2CN(c3c(-c4ccc(C(C)(C)C)cc4)cccc3-c3cccc(-c4ccccc4)c3)c3ccccc32)c([2H])c1[2H]. The summed E-state index contributed by atoms with van der Waals surface area (Å²) in [6, 6.07) is 85.3. The minimum Gasteiger partial charge on any atom is -0.457 e. The number of rotatable bonds is 11. The number of benzene rings is 11. The normalized spacial score (nSPS) is 13.5. The molecule has 0 atom stereocenters. The first-order valence-electron chi connectivity index (χ1n) is 30.8. The molecule has 0 saturated carbocycles. The van der Waals surface area contributed by atoms with E-state index in [1.54, 1.807) is 18.3 Å². The largest absolute Gasteiger partial charge is 0.457 e. The second-order valence-corrected chi connectivity index (χ2v) is 22.0. The van der Waals surface area contributed by atoms with Gasteiger partial charge in [-0.15, -0.1) is 0 Å². The summed E-state index contributed by atoms with van der Waals surface area (Å²) in [6.07, 6.45) is 1.65. The maximum absolute atomic E-state index is 9.73. The van der Waals surface area contributed by atoms with Crippen LogP contribution in [0.25, 0.3) is 94.4 Å². The lowest BCUT2D eigenvalue weighted by Crippen LogP contribution is -2.25. The van der Waals surface area contributed by atoms with Crippen molar-refractivity contribution in [3.8, 4) is 84.1 Å². The Kier molecular flexibility index (Phi) is 11.1. The molecule has 0 saturated heterocycles. The highest BCUT2D eigenvalue weighted by Crippen LogP contribution is 2.51. The van der Waals surface area contributed by atoms with E-state index in [1.165, 1.54) is 5.56 Å². The van der Waals surface area contributed by atoms with Crippen LogP contribution in [0, 0.1) is 6.85 Å². The van der Waals surface area contributed by atoms with Gasteiger partial charge < -0.3 is 14.5 Å². The van der Waals surface area contributed by atoms with Crippen molar-refractivity contribution in [2.75, 3.05) is 16.5 Å². The van der Waals surface area contributed by atoms with Crippen LogP contribution in [0.2, 0.25) is 0 Å². The molecule has 0 radical (unpaired) electrons. The van der Waals surface area contributed by atoms with Crippen molar-refractivity contribution in [3.05, 3.63) is 290 Å². The first-order chi connectivity index (χ1) is 42.7. The molecule has 394 valence electrons. The van der Waals surface area contributed by atoms with Gasteiger partial charge in [0.15, 0.2) is 0 Å². The van der Waals surface area contributed by atoms with E-state index in [1.807, 2.05) is 114 Å². The molecule has 3 heterocycles. The third-order valence-corrected chi connectivity index (χ3v) is 15.8. The van der Waals surface area contributed by atoms with E-state index >= 15 is 0 Å². The number of hydrogen-bond donors (Lipinski definition) is 0. The number of hydrogen-bond acceptors (Lipinski definition) is 4. The second kappa shape index (κ2) is 20.8. The highest BCUT2D eigenvalue weighted by molar-refractivity contribution is 6.12. The maximum Gasteiger partial charge on any atom is 0.137 e. The zero-order chi connectivity index (χ0) is 60.4. The minimum absolute atomic E-state index is 0.0406. The lowest BCUT2D eigenvalue weighted by Gasteiger charge is -2.28. The van der Waals surface area contributed by atoms with Gasteiger partial charge in [-0.1, -0.05) is 227 Å². The Labute approximate surface area is 488 Å². The molecule has 5 nitrogen and oxygen atoms in total. The van der Waals surface area contributed by atoms with Crippen molar-refractivity contribution in [1.29, 1.82) is 0 Å². The van der Waals surface area contributed by atoms with Crippen LogP contribution in [0.15, 0.2) is 279 Å². The van der Waals surface area contributed by atoms with Crippen LogP contribution in [0.4, 0.5) is 22.7 Å². The first-order valence-corrected chi connectivity index (χ1v) is 27.8. The Morgan fingerprint density at radius 1 is 0.451 bits per heavy atom. The molecule has 11 aromatic carbocycles. The van der Waals surface area contributed by atoms with Gasteiger partial charge in [0.25, 0.3) is 0 Å². The van der Waals surface area contributed by atoms with E-state index in [-0.39, 0.29) is 41.5 Å². The summed E-state index contributed by atoms with van der Waals surface area (Å²) < 4.78 is 64.5. The zero-order valence-electron chi connectivity index (χ0n) is 51.7. The molecule has 13 aromatic rings. The summed E-state index contributed by atoms with van der Waals surface area (Å²) in [6.45, 7) is 4.46. The van der Waals surface area contributed by atoms with E-state index in [0.717, 1.165) is 94.5 Å². The smallest absolute Gasteiger partial charge is 0.137 e. The summed E-state index contributed by atoms with van der Waals surface area (Å²) in [7, 11) is 0. The Morgan fingerprint density at radius 2 is 1.00 bits per heavy atom. The third-order valence-electron chi connectivity index (χ3n) is 15.8. The molecule has 1 aliphatic rings. The van der Waals surface area contributed by atoms with Crippen LogP contribution < -0.4 is 14.5 Å². The second-order valence-electron chi connectivity index (χ2n) is 22.0. The fraction of sp³-hybridized carbons (Fsp3) is 0.0779. The highest BCUT2D eigenvalue weighted by atomic mass is 16.5. The van der Waals surface area contributed by atoms with Gasteiger partial charge >= 0.3 is 0 Å². The molecular formula is C77H60N4O. The standard InChI is InChI=1S/C77H60N4O/c1-52-44-75(78-50-69(52)56-28-15-8-16-29-56)81-70-43-40-59(54-24-11-6-12-25-54)46-67(70)68-48-66(55-26-13-7-14-27-55)74(49-73(68)81)82-63-33-20-32-62(47-63)79-51-80(72-37-18-17-36-71(72)79)76-64(57-38-41-61(42-39-57)77(2,3)4)34-21-35-65(76)60-31-19-30-58(45-60)53-22-9-5-10-23-53/h5-50H,51H2,1-4H3/i1D3,20D,32D,33D. The fourth-order valence-electron chi connectivity index (χ4n) is 11.7. The lowest BCUT2D eigenvalue weighted by molar-refractivity contribution is 0.485. The summed E-state index contributed by atoms with van der Waals surface area (Å²) >= 11 is 0. The van der Waals surface area contributed by atoms with E-state index in [2.05, 4.69) is 164 Å². The predicted molar refractivity (Wildman–Crippen MR) is 343 cm³/mol. The number of ether oxygens (including phenoxy) is 1. The van der Waals surface area contributed by atoms with Crippen LogP contribution >= 0.6 is 0 Å². The molecule has 1 aliphatic heterocycles. The first kappa shape index (κ1) is 43.6. The predicted octanol–water partition coefficient (Wildman–Crippen LogP) is 20.8. The van der Waals surface area contributed by atoms with E-state index in [9.17, 15) is 4.11 Å². The van der Waals surface area contributed by atoms with Crippen LogP contribution in [0.5, 0.6) is 11.5 Å². The average molecular weight is 1060 g/mol. The summed E-state index contributed by atoms with van der Waals surface area (Å²) in [5.41, 5.74) is 17.2. The Balaban J connectivity index is 0.936. The fourth-order valence-corrected chi connectivity index (χ4v) is 11.7. The van der Waals surface area contributed by atoms with Crippen molar-refractivity contribution in [2.45, 2.75) is 33.0 Å². The van der Waals surface area contributed by atoms with Crippen LogP contribution in [0.3, 0.4) is 0 Å². The van der Waals surface area contributed by atoms with E-state index in [0.29, 0.717) is 28.3 Å². The monoisotopic (exact) mass is 1060 g/mol. The molecule has 2 aromatic heterocycles. The topological polar surface area (TPSA) is 33.5 Å². The van der Waals surface area contributed by atoms with Crippen LogP contribution in [-0.2, 0) is 5.41 Å². The molecule has 0 bridgehead atoms. The van der Waals surface area contributed by atoms with E-state index < -0.39 is 6.85 Å². The van der Waals surface area contributed by atoms with Gasteiger partial charge in [0.1, 0.15) is 24.0 Å². The Hall–Kier alpha value is -10.2. The molecule has 14 rings (SSSR count). The zero-order valence-corrected chi connectivity index (χ0v) is 45.7. The van der Waals surface area contributed by atoms with Gasteiger partial charge in [-0.3, -0.25) is 4.57 Å². The molecule has 0 aliphatic carbocycles.